The fraction of sp³-hybridized carbons (Fsp3) is 0.700. The van der Waals surface area contributed by atoms with E-state index in [0.717, 1.165) is 65.1 Å². The van der Waals surface area contributed by atoms with Gasteiger partial charge in [-0.05, 0) is 25.0 Å². The van der Waals surface area contributed by atoms with Crippen LogP contribution in [0.5, 0.6) is 0 Å². The van der Waals surface area contributed by atoms with Gasteiger partial charge in [-0.25, -0.2) is 0 Å². The molecule has 0 saturated carbocycles. The van der Waals surface area contributed by atoms with Gasteiger partial charge in [-0.15, -0.1) is 0 Å². The number of nitrogens with zero attached hydrogens (tertiary/aromatic N) is 3. The van der Waals surface area contributed by atoms with Crippen LogP contribution in [0.1, 0.15) is 19.3 Å². The van der Waals surface area contributed by atoms with E-state index in [1.165, 1.54) is 12.2 Å². The molecule has 3 aliphatic heterocycles. The Morgan fingerprint density at radius 1 is 0.920 bits per heavy atom. The Morgan fingerprint density at radius 2 is 1.56 bits per heavy atom. The van der Waals surface area contributed by atoms with Crippen molar-refractivity contribution >= 4 is 5.69 Å². The molecule has 1 aromatic carbocycles. The highest BCUT2D eigenvalue weighted by atomic mass is 16.5. The van der Waals surface area contributed by atoms with E-state index < -0.39 is 0 Å². The van der Waals surface area contributed by atoms with Crippen LogP contribution in [-0.2, 0) is 4.74 Å². The van der Waals surface area contributed by atoms with Gasteiger partial charge in [0.05, 0.1) is 18.3 Å². The second-order valence-corrected chi connectivity index (χ2v) is 7.86. The Bertz CT molecular complexity index is 537. The lowest BCUT2D eigenvalue weighted by Gasteiger charge is -2.40. The molecule has 0 amide bonds. The molecule has 3 aliphatic rings. The van der Waals surface area contributed by atoms with Crippen LogP contribution >= 0.6 is 0 Å². The lowest BCUT2D eigenvalue weighted by Crippen LogP contribution is -2.50. The van der Waals surface area contributed by atoms with Crippen LogP contribution in [0.25, 0.3) is 0 Å². The van der Waals surface area contributed by atoms with Crippen molar-refractivity contribution in [1.29, 1.82) is 0 Å². The third-order valence-corrected chi connectivity index (χ3v) is 6.18. The maximum Gasteiger partial charge on any atom is 0.0801 e. The van der Waals surface area contributed by atoms with Crippen LogP contribution in [0.15, 0.2) is 30.3 Å². The highest BCUT2D eigenvalue weighted by Gasteiger charge is 2.42. The molecule has 138 valence electrons. The number of likely N-dealkylation sites (tertiary alicyclic amines) is 1. The first-order chi connectivity index (χ1) is 12.2. The smallest absolute Gasteiger partial charge is 0.0801 e. The summed E-state index contributed by atoms with van der Waals surface area (Å²) in [6.45, 7) is 9.63. The van der Waals surface area contributed by atoms with Crippen LogP contribution in [0.2, 0.25) is 0 Å². The van der Waals surface area contributed by atoms with Gasteiger partial charge in [0.2, 0.25) is 0 Å². The fourth-order valence-electron chi connectivity index (χ4n) is 4.50. The number of hydrogen-bond donors (Lipinski definition) is 1. The topological polar surface area (TPSA) is 39.2 Å². The number of piperidine rings is 1. The molecule has 5 heteroatoms. The first-order valence-corrected chi connectivity index (χ1v) is 9.79. The average molecular weight is 345 g/mol. The molecule has 0 radical (unpaired) electrons. The largest absolute Gasteiger partial charge is 0.391 e. The predicted octanol–water partition coefficient (Wildman–Crippen LogP) is 1.42. The number of anilines is 1. The summed E-state index contributed by atoms with van der Waals surface area (Å²) in [6.07, 6.45) is 2.74. The van der Waals surface area contributed by atoms with E-state index in [9.17, 15) is 5.11 Å². The number of para-hydroxylation sites is 1. The summed E-state index contributed by atoms with van der Waals surface area (Å²) in [7, 11) is 0. The zero-order chi connectivity index (χ0) is 17.1. The third kappa shape index (κ3) is 4.17. The van der Waals surface area contributed by atoms with Crippen LogP contribution in [0.3, 0.4) is 0 Å². The summed E-state index contributed by atoms with van der Waals surface area (Å²) in [5.74, 6) is 0. The van der Waals surface area contributed by atoms with Gasteiger partial charge in [0, 0.05) is 64.5 Å². The number of aliphatic hydroxyl groups is 1. The van der Waals surface area contributed by atoms with Gasteiger partial charge >= 0.3 is 0 Å². The van der Waals surface area contributed by atoms with E-state index in [1.54, 1.807) is 0 Å². The van der Waals surface area contributed by atoms with E-state index in [2.05, 4.69) is 45.0 Å². The molecule has 4 rings (SSSR count). The van der Waals surface area contributed by atoms with Crippen molar-refractivity contribution < 1.29 is 9.84 Å². The van der Waals surface area contributed by atoms with E-state index in [1.807, 2.05) is 0 Å². The molecule has 0 aliphatic carbocycles. The number of ether oxygens (including phenoxy) is 1. The predicted molar refractivity (Wildman–Crippen MR) is 100 cm³/mol. The molecule has 3 fully saturated rings. The Kier molecular flexibility index (Phi) is 5.27. The van der Waals surface area contributed by atoms with Crippen molar-refractivity contribution in [3.63, 3.8) is 0 Å². The molecule has 3 saturated heterocycles. The minimum absolute atomic E-state index is 0.0166. The molecule has 3 heterocycles. The summed E-state index contributed by atoms with van der Waals surface area (Å²) < 4.78 is 5.90. The molecule has 1 unspecified atom stereocenters. The minimum Gasteiger partial charge on any atom is -0.391 e. The molecule has 0 aromatic heterocycles. The van der Waals surface area contributed by atoms with Crippen molar-refractivity contribution in [3.8, 4) is 0 Å². The van der Waals surface area contributed by atoms with Crippen molar-refractivity contribution in [2.45, 2.75) is 31.0 Å². The molecular formula is C20H31N3O2. The van der Waals surface area contributed by atoms with Gasteiger partial charge in [0.15, 0.2) is 0 Å². The Morgan fingerprint density at radius 3 is 2.16 bits per heavy atom. The summed E-state index contributed by atoms with van der Waals surface area (Å²) >= 11 is 0. The van der Waals surface area contributed by atoms with E-state index in [-0.39, 0.29) is 11.7 Å². The quantitative estimate of drug-likeness (QED) is 0.894. The Hall–Kier alpha value is -1.14. The number of benzene rings is 1. The normalized spacial score (nSPS) is 27.9. The highest BCUT2D eigenvalue weighted by molar-refractivity contribution is 5.46. The summed E-state index contributed by atoms with van der Waals surface area (Å²) in [5.41, 5.74) is 1.33. The van der Waals surface area contributed by atoms with Crippen LogP contribution in [-0.4, -0.2) is 85.6 Å². The van der Waals surface area contributed by atoms with Crippen molar-refractivity contribution in [2.24, 2.45) is 0 Å². The number of rotatable bonds is 4. The van der Waals surface area contributed by atoms with Crippen molar-refractivity contribution in [2.75, 3.05) is 63.9 Å². The monoisotopic (exact) mass is 345 g/mol. The van der Waals surface area contributed by atoms with Crippen LogP contribution in [0, 0.1) is 0 Å². The maximum atomic E-state index is 9.74. The van der Waals surface area contributed by atoms with Gasteiger partial charge < -0.3 is 19.6 Å². The highest BCUT2D eigenvalue weighted by Crippen LogP contribution is 2.35. The van der Waals surface area contributed by atoms with Crippen molar-refractivity contribution in [3.05, 3.63) is 30.3 Å². The molecule has 0 bridgehead atoms. The summed E-state index contributed by atoms with van der Waals surface area (Å²) in [4.78, 5) is 7.66. The van der Waals surface area contributed by atoms with Crippen LogP contribution < -0.4 is 4.90 Å². The Labute approximate surface area is 151 Å². The molecule has 1 aromatic rings. The Balaban J connectivity index is 1.17. The van der Waals surface area contributed by atoms with Gasteiger partial charge in [0.25, 0.3) is 0 Å². The molecule has 1 atom stereocenters. The number of hydrogen-bond acceptors (Lipinski definition) is 5. The average Bonchev–Trinajstić information content (AvgIpc) is 3.03. The fourth-order valence-corrected chi connectivity index (χ4v) is 4.50. The molecule has 5 nitrogen and oxygen atoms in total. The lowest BCUT2D eigenvalue weighted by molar-refractivity contribution is -0.0452. The molecule has 1 spiro atoms. The zero-order valence-corrected chi connectivity index (χ0v) is 15.1. The SMILES string of the molecule is OC1COC2(CCN(CCN3CCN(c4ccccc4)CC3)CC2)C1. The maximum absolute atomic E-state index is 9.74. The van der Waals surface area contributed by atoms with Gasteiger partial charge in [-0.2, -0.15) is 0 Å². The molecular weight excluding hydrogens is 314 g/mol. The second kappa shape index (κ2) is 7.62. The molecule has 25 heavy (non-hydrogen) atoms. The summed E-state index contributed by atoms with van der Waals surface area (Å²) in [6, 6.07) is 10.7. The minimum atomic E-state index is -0.243. The number of piperazine rings is 1. The van der Waals surface area contributed by atoms with Gasteiger partial charge in [-0.1, -0.05) is 18.2 Å². The number of aliphatic hydroxyl groups excluding tert-OH is 1. The first kappa shape index (κ1) is 17.3. The van der Waals surface area contributed by atoms with Crippen molar-refractivity contribution in [1.82, 2.24) is 9.80 Å². The van der Waals surface area contributed by atoms with E-state index in [4.69, 9.17) is 4.74 Å². The third-order valence-electron chi connectivity index (χ3n) is 6.18. The van der Waals surface area contributed by atoms with Crippen LogP contribution in [0.4, 0.5) is 5.69 Å². The lowest BCUT2D eigenvalue weighted by atomic mass is 9.88. The second-order valence-electron chi connectivity index (χ2n) is 7.86. The standard InChI is InChI=1S/C20H31N3O2/c24-19-16-20(25-17-19)6-8-21(9-7-20)10-11-22-12-14-23(15-13-22)18-4-2-1-3-5-18/h1-5,19,24H,6-17H2. The van der Waals surface area contributed by atoms with E-state index >= 15 is 0 Å². The van der Waals surface area contributed by atoms with E-state index in [0.29, 0.717) is 6.61 Å². The van der Waals surface area contributed by atoms with Gasteiger partial charge in [0.1, 0.15) is 0 Å². The molecule has 1 N–H and O–H groups in total. The summed E-state index contributed by atoms with van der Waals surface area (Å²) in [5, 5.41) is 9.74. The van der Waals surface area contributed by atoms with Gasteiger partial charge in [-0.3, -0.25) is 4.90 Å². The zero-order valence-electron chi connectivity index (χ0n) is 15.1. The first-order valence-electron chi connectivity index (χ1n) is 9.79.